The van der Waals surface area contributed by atoms with Crippen LogP contribution in [0.2, 0.25) is 0 Å². The summed E-state index contributed by atoms with van der Waals surface area (Å²) in [6, 6.07) is 6.58. The summed E-state index contributed by atoms with van der Waals surface area (Å²) in [5.41, 5.74) is 2.21. The molecule has 2 aliphatic heterocycles. The van der Waals surface area contributed by atoms with E-state index < -0.39 is 6.04 Å². The molecule has 2 saturated heterocycles. The van der Waals surface area contributed by atoms with Crippen molar-refractivity contribution in [2.75, 3.05) is 38.6 Å². The number of aromatic amines is 1. The lowest BCUT2D eigenvalue weighted by molar-refractivity contribution is -0.140. The van der Waals surface area contributed by atoms with Crippen molar-refractivity contribution >= 4 is 23.5 Å². The molecule has 11 heteroatoms. The number of H-pyrrole nitrogens is 1. The molecule has 0 aliphatic carbocycles. The summed E-state index contributed by atoms with van der Waals surface area (Å²) in [4.78, 5) is 33.9. The summed E-state index contributed by atoms with van der Waals surface area (Å²) in [6.45, 7) is 2.12. The third-order valence-electron chi connectivity index (χ3n) is 6.25. The van der Waals surface area contributed by atoms with E-state index >= 15 is 0 Å². The van der Waals surface area contributed by atoms with E-state index in [4.69, 9.17) is 4.74 Å². The maximum Gasteiger partial charge on any atom is 0.247 e. The van der Waals surface area contributed by atoms with E-state index in [0.717, 1.165) is 50.0 Å². The molecule has 2 amide bonds. The van der Waals surface area contributed by atoms with Crippen LogP contribution in [-0.4, -0.2) is 77.1 Å². The number of nitrogens with zero attached hydrogens (tertiary/aromatic N) is 5. The van der Waals surface area contributed by atoms with E-state index in [9.17, 15) is 14.9 Å². The Bertz CT molecular complexity index is 1100. The molecule has 0 spiro atoms. The van der Waals surface area contributed by atoms with Gasteiger partial charge in [-0.3, -0.25) is 20.0 Å². The van der Waals surface area contributed by atoms with Gasteiger partial charge in [0.05, 0.1) is 19.3 Å². The van der Waals surface area contributed by atoms with Gasteiger partial charge in [0, 0.05) is 37.1 Å². The van der Waals surface area contributed by atoms with Crippen LogP contribution < -0.4 is 15.4 Å². The quantitative estimate of drug-likeness (QED) is 0.249. The average Bonchev–Trinajstić information content (AvgIpc) is 3.57. The van der Waals surface area contributed by atoms with Crippen molar-refractivity contribution in [2.45, 2.75) is 38.1 Å². The van der Waals surface area contributed by atoms with E-state index in [2.05, 4.69) is 25.8 Å². The van der Waals surface area contributed by atoms with Crippen LogP contribution in [0.25, 0.3) is 11.3 Å². The number of hydrogen-bond acceptors (Lipinski definition) is 6. The van der Waals surface area contributed by atoms with Gasteiger partial charge in [0.15, 0.2) is 6.19 Å². The van der Waals surface area contributed by atoms with Crippen molar-refractivity contribution in [1.29, 1.82) is 5.26 Å². The second-order valence-electron chi connectivity index (χ2n) is 8.58. The second kappa shape index (κ2) is 11.4. The minimum atomic E-state index is -0.683. The molecule has 4 rings (SSSR count). The number of ether oxygens (including phenoxy) is 1. The first-order valence-corrected chi connectivity index (χ1v) is 11.8. The summed E-state index contributed by atoms with van der Waals surface area (Å²) >= 11 is 0. The van der Waals surface area contributed by atoms with Crippen molar-refractivity contribution in [3.05, 3.63) is 30.5 Å². The molecular weight excluding hydrogens is 448 g/mol. The molecule has 3 N–H and O–H groups in total. The van der Waals surface area contributed by atoms with Crippen LogP contribution in [0.1, 0.15) is 32.1 Å². The fraction of sp³-hybridized carbons (Fsp3) is 0.458. The summed E-state index contributed by atoms with van der Waals surface area (Å²) in [5, 5.41) is 21.8. The first-order valence-electron chi connectivity index (χ1n) is 11.8. The number of hydrogen-bond donors (Lipinski definition) is 3. The number of benzene rings is 1. The largest absolute Gasteiger partial charge is 0.496 e. The van der Waals surface area contributed by atoms with Crippen LogP contribution in [-0.2, 0) is 9.59 Å². The van der Waals surface area contributed by atoms with Gasteiger partial charge >= 0.3 is 0 Å². The molecule has 0 bridgehead atoms. The predicted molar refractivity (Wildman–Crippen MR) is 130 cm³/mol. The Morgan fingerprint density at radius 2 is 2.06 bits per heavy atom. The molecule has 1 aromatic heterocycles. The smallest absolute Gasteiger partial charge is 0.247 e. The van der Waals surface area contributed by atoms with Gasteiger partial charge in [0.2, 0.25) is 17.8 Å². The third-order valence-corrected chi connectivity index (χ3v) is 6.25. The minimum Gasteiger partial charge on any atom is -0.496 e. The number of guanidine groups is 1. The fourth-order valence-electron chi connectivity index (χ4n) is 4.43. The number of rotatable bonds is 6. The number of carbonyl (C=O) groups excluding carboxylic acids is 2. The Kier molecular flexibility index (Phi) is 7.82. The van der Waals surface area contributed by atoms with Crippen LogP contribution in [0.4, 0.5) is 5.69 Å². The highest BCUT2D eigenvalue weighted by atomic mass is 16.5. The maximum atomic E-state index is 13.3. The molecule has 1 unspecified atom stereocenters. The molecule has 1 aromatic carbocycles. The van der Waals surface area contributed by atoms with Crippen LogP contribution in [0.5, 0.6) is 5.75 Å². The van der Waals surface area contributed by atoms with Crippen LogP contribution in [0.3, 0.4) is 0 Å². The number of aliphatic imine (C=N–C) groups is 1. The molecule has 0 saturated carbocycles. The lowest BCUT2D eigenvalue weighted by Gasteiger charge is -2.25. The maximum absolute atomic E-state index is 13.3. The topological polar surface area (TPSA) is 139 Å². The van der Waals surface area contributed by atoms with Gasteiger partial charge in [0.1, 0.15) is 11.8 Å². The Morgan fingerprint density at radius 1 is 1.26 bits per heavy atom. The first kappa shape index (κ1) is 24.1. The van der Waals surface area contributed by atoms with Gasteiger partial charge in [-0.05, 0) is 56.4 Å². The van der Waals surface area contributed by atoms with E-state index in [-0.39, 0.29) is 24.3 Å². The van der Waals surface area contributed by atoms with Crippen LogP contribution in [0.15, 0.2) is 35.5 Å². The number of methoxy groups -OCH3 is 1. The zero-order valence-corrected chi connectivity index (χ0v) is 19.8. The molecule has 2 fully saturated rings. The van der Waals surface area contributed by atoms with Gasteiger partial charge in [-0.1, -0.05) is 0 Å². The van der Waals surface area contributed by atoms with Crippen molar-refractivity contribution in [1.82, 2.24) is 25.3 Å². The summed E-state index contributed by atoms with van der Waals surface area (Å²) < 4.78 is 5.45. The zero-order chi connectivity index (χ0) is 24.6. The van der Waals surface area contributed by atoms with Gasteiger partial charge in [-0.15, -0.1) is 0 Å². The summed E-state index contributed by atoms with van der Waals surface area (Å²) in [7, 11) is 1.59. The first-order chi connectivity index (χ1) is 17.1. The monoisotopic (exact) mass is 478 g/mol. The highest BCUT2D eigenvalue weighted by molar-refractivity contribution is 5.97. The Morgan fingerprint density at radius 3 is 2.77 bits per heavy atom. The molecular formula is C24H30N8O3. The number of nitrogens with one attached hydrogen (secondary N) is 3. The minimum absolute atomic E-state index is 0.0152. The number of amides is 2. The van der Waals surface area contributed by atoms with E-state index in [1.54, 1.807) is 30.3 Å². The molecule has 1 atom stereocenters. The third kappa shape index (κ3) is 5.90. The molecule has 184 valence electrons. The van der Waals surface area contributed by atoms with Crippen molar-refractivity contribution in [3.8, 4) is 23.2 Å². The van der Waals surface area contributed by atoms with Crippen LogP contribution in [0, 0.1) is 11.5 Å². The number of nitriles is 1. The normalized spacial score (nSPS) is 18.7. The second-order valence-corrected chi connectivity index (χ2v) is 8.58. The van der Waals surface area contributed by atoms with Crippen molar-refractivity contribution < 1.29 is 14.3 Å². The van der Waals surface area contributed by atoms with E-state index in [1.165, 1.54) is 0 Å². The summed E-state index contributed by atoms with van der Waals surface area (Å²) in [6.07, 6.45) is 7.72. The van der Waals surface area contributed by atoms with Gasteiger partial charge < -0.3 is 19.9 Å². The Balaban J connectivity index is 1.52. The van der Waals surface area contributed by atoms with E-state index in [0.29, 0.717) is 24.4 Å². The molecule has 2 aliphatic rings. The summed E-state index contributed by atoms with van der Waals surface area (Å²) in [5.74, 6) is 0.614. The highest BCUT2D eigenvalue weighted by Gasteiger charge is 2.30. The fourth-order valence-corrected chi connectivity index (χ4v) is 4.43. The molecule has 11 nitrogen and oxygen atoms in total. The Hall–Kier alpha value is -4.07. The SMILES string of the molecule is COc1ccc(NC(=NC2CCCCN(CC(=O)N3CCCC3)C2=O)NC#N)cc1-c1ccn[nH]1. The Labute approximate surface area is 204 Å². The number of aromatic nitrogens is 2. The van der Waals surface area contributed by atoms with Crippen molar-refractivity contribution in [3.63, 3.8) is 0 Å². The van der Waals surface area contributed by atoms with Gasteiger partial charge in [-0.25, -0.2) is 4.99 Å². The molecule has 2 aromatic rings. The van der Waals surface area contributed by atoms with Gasteiger partial charge in [0.25, 0.3) is 0 Å². The highest BCUT2D eigenvalue weighted by Crippen LogP contribution is 2.31. The lowest BCUT2D eigenvalue weighted by atomic mass is 10.1. The zero-order valence-electron chi connectivity index (χ0n) is 19.8. The average molecular weight is 479 g/mol. The van der Waals surface area contributed by atoms with Crippen LogP contribution >= 0.6 is 0 Å². The predicted octanol–water partition coefficient (Wildman–Crippen LogP) is 1.93. The van der Waals surface area contributed by atoms with Crippen molar-refractivity contribution in [2.24, 2.45) is 4.99 Å². The molecule has 35 heavy (non-hydrogen) atoms. The van der Waals surface area contributed by atoms with E-state index in [1.807, 2.05) is 23.2 Å². The lowest BCUT2D eigenvalue weighted by Crippen LogP contribution is -2.45. The standard InChI is InChI=1S/C24H30N8O3/c1-35-21-8-7-17(14-18(21)19-9-10-27-30-19)28-24(26-16-25)29-20-6-2-3-13-32(23(20)34)15-22(33)31-11-4-5-12-31/h7-10,14,20H,2-6,11-13,15H2,1H3,(H,27,30)(H2,26,28,29). The van der Waals surface area contributed by atoms with Gasteiger partial charge in [-0.2, -0.15) is 10.4 Å². The molecule has 0 radical (unpaired) electrons. The molecule has 3 heterocycles. The number of anilines is 1. The number of carbonyl (C=O) groups is 2. The number of likely N-dealkylation sites (tertiary alicyclic amines) is 2.